The van der Waals surface area contributed by atoms with Crippen molar-refractivity contribution in [1.29, 1.82) is 0 Å². The Hall–Kier alpha value is -2.73. The van der Waals surface area contributed by atoms with Crippen LogP contribution < -0.4 is 4.74 Å². The molecule has 1 aromatic carbocycles. The zero-order valence-electron chi connectivity index (χ0n) is 15.9. The predicted molar refractivity (Wildman–Crippen MR) is 103 cm³/mol. The number of ketones is 1. The van der Waals surface area contributed by atoms with Crippen LogP contribution in [0.3, 0.4) is 0 Å². The molecule has 6 nitrogen and oxygen atoms in total. The molecule has 2 aromatic rings. The third-order valence-electron chi connectivity index (χ3n) is 4.88. The number of benzene rings is 1. The molecule has 6 heteroatoms. The van der Waals surface area contributed by atoms with E-state index in [2.05, 4.69) is 16.0 Å². The second-order valence-corrected chi connectivity index (χ2v) is 6.78. The fourth-order valence-corrected chi connectivity index (χ4v) is 3.32. The zero-order valence-corrected chi connectivity index (χ0v) is 15.9. The number of pyridine rings is 1. The Morgan fingerprint density at radius 3 is 2.56 bits per heavy atom. The number of methoxy groups -OCH3 is 1. The largest absolute Gasteiger partial charge is 0.496 e. The maximum absolute atomic E-state index is 12.7. The van der Waals surface area contributed by atoms with Crippen molar-refractivity contribution in [2.45, 2.75) is 19.9 Å². The summed E-state index contributed by atoms with van der Waals surface area (Å²) < 4.78 is 5.36. The SMILES string of the molecule is COc1ccc(C(C)=O)cc1CC(=O)N1CCN(Cc2cccnc2)CC1. The number of rotatable bonds is 6. The van der Waals surface area contributed by atoms with Gasteiger partial charge in [0.05, 0.1) is 13.5 Å². The van der Waals surface area contributed by atoms with Gasteiger partial charge in [0.1, 0.15) is 5.75 Å². The standard InChI is InChI=1S/C21H25N3O3/c1-16(25)18-5-6-20(27-2)19(12-18)13-21(26)24-10-8-23(9-11-24)15-17-4-3-7-22-14-17/h3-7,12,14H,8-11,13,15H2,1-2H3. The molecule has 0 aliphatic carbocycles. The first-order valence-electron chi connectivity index (χ1n) is 9.13. The number of piperazine rings is 1. The number of hydrogen-bond acceptors (Lipinski definition) is 5. The minimum absolute atomic E-state index is 0.0182. The molecular formula is C21H25N3O3. The molecule has 1 aliphatic heterocycles. The summed E-state index contributed by atoms with van der Waals surface area (Å²) in [5, 5.41) is 0. The Morgan fingerprint density at radius 1 is 1.15 bits per heavy atom. The van der Waals surface area contributed by atoms with Crippen LogP contribution in [0.15, 0.2) is 42.7 Å². The van der Waals surface area contributed by atoms with Gasteiger partial charge in [-0.15, -0.1) is 0 Å². The molecule has 0 spiro atoms. The van der Waals surface area contributed by atoms with Crippen LogP contribution in [0.4, 0.5) is 0 Å². The summed E-state index contributed by atoms with van der Waals surface area (Å²) in [6.45, 7) is 5.46. The molecule has 3 rings (SSSR count). The van der Waals surface area contributed by atoms with E-state index in [1.54, 1.807) is 31.5 Å². The number of carbonyl (C=O) groups excluding carboxylic acids is 2. The van der Waals surface area contributed by atoms with Gasteiger partial charge in [0.2, 0.25) is 5.91 Å². The second kappa shape index (κ2) is 8.77. The summed E-state index contributed by atoms with van der Waals surface area (Å²) >= 11 is 0. The maximum atomic E-state index is 12.7. The molecule has 0 unspecified atom stereocenters. The molecular weight excluding hydrogens is 342 g/mol. The van der Waals surface area contributed by atoms with Crippen molar-refractivity contribution in [3.63, 3.8) is 0 Å². The topological polar surface area (TPSA) is 62.7 Å². The number of amides is 1. The molecule has 1 fully saturated rings. The summed E-state index contributed by atoms with van der Waals surface area (Å²) in [4.78, 5) is 32.7. The monoisotopic (exact) mass is 367 g/mol. The lowest BCUT2D eigenvalue weighted by Gasteiger charge is -2.34. The molecule has 2 heterocycles. The van der Waals surface area contributed by atoms with Gasteiger partial charge in [-0.05, 0) is 36.8 Å². The lowest BCUT2D eigenvalue weighted by atomic mass is 10.0. The predicted octanol–water partition coefficient (Wildman–Crippen LogP) is 2.18. The van der Waals surface area contributed by atoms with Gasteiger partial charge in [-0.3, -0.25) is 19.5 Å². The lowest BCUT2D eigenvalue weighted by Crippen LogP contribution is -2.48. The van der Waals surface area contributed by atoms with Crippen LogP contribution >= 0.6 is 0 Å². The van der Waals surface area contributed by atoms with Crippen molar-refractivity contribution in [3.8, 4) is 5.75 Å². The highest BCUT2D eigenvalue weighted by Gasteiger charge is 2.22. The molecule has 1 aromatic heterocycles. The molecule has 27 heavy (non-hydrogen) atoms. The van der Waals surface area contributed by atoms with Gasteiger partial charge >= 0.3 is 0 Å². The van der Waals surface area contributed by atoms with E-state index < -0.39 is 0 Å². The summed E-state index contributed by atoms with van der Waals surface area (Å²) in [6, 6.07) is 9.26. The van der Waals surface area contributed by atoms with Crippen LogP contribution in [0.1, 0.15) is 28.4 Å². The highest BCUT2D eigenvalue weighted by Crippen LogP contribution is 2.22. The number of ether oxygens (including phenoxy) is 1. The first-order valence-corrected chi connectivity index (χ1v) is 9.13. The Bertz CT molecular complexity index is 800. The summed E-state index contributed by atoms with van der Waals surface area (Å²) in [7, 11) is 1.58. The number of Topliss-reactive ketones (excluding diaryl/α,β-unsaturated/α-hetero) is 1. The van der Waals surface area contributed by atoms with Gasteiger partial charge in [0.15, 0.2) is 5.78 Å². The number of hydrogen-bond donors (Lipinski definition) is 0. The van der Waals surface area contributed by atoms with Crippen LogP contribution in [0.5, 0.6) is 5.75 Å². The van der Waals surface area contributed by atoms with Crippen molar-refractivity contribution < 1.29 is 14.3 Å². The van der Waals surface area contributed by atoms with Crippen molar-refractivity contribution in [3.05, 3.63) is 59.4 Å². The van der Waals surface area contributed by atoms with Crippen LogP contribution in [-0.4, -0.2) is 59.8 Å². The zero-order chi connectivity index (χ0) is 19.2. The quantitative estimate of drug-likeness (QED) is 0.733. The van der Waals surface area contributed by atoms with Gasteiger partial charge in [0.25, 0.3) is 0 Å². The first-order chi connectivity index (χ1) is 13.1. The van der Waals surface area contributed by atoms with Gasteiger partial charge in [0, 0.05) is 56.2 Å². The van der Waals surface area contributed by atoms with Crippen LogP contribution in [0.2, 0.25) is 0 Å². The van der Waals surface area contributed by atoms with E-state index in [9.17, 15) is 9.59 Å². The molecule has 0 radical (unpaired) electrons. The van der Waals surface area contributed by atoms with Gasteiger partial charge in [-0.2, -0.15) is 0 Å². The highest BCUT2D eigenvalue weighted by atomic mass is 16.5. The van der Waals surface area contributed by atoms with E-state index in [-0.39, 0.29) is 18.1 Å². The van der Waals surface area contributed by atoms with Gasteiger partial charge in [-0.25, -0.2) is 0 Å². The fraction of sp³-hybridized carbons (Fsp3) is 0.381. The minimum Gasteiger partial charge on any atom is -0.496 e. The third kappa shape index (κ3) is 4.92. The Kier molecular flexibility index (Phi) is 6.19. The minimum atomic E-state index is -0.0182. The van der Waals surface area contributed by atoms with Gasteiger partial charge < -0.3 is 9.64 Å². The Balaban J connectivity index is 1.58. The summed E-state index contributed by atoms with van der Waals surface area (Å²) in [5.74, 6) is 0.689. The second-order valence-electron chi connectivity index (χ2n) is 6.78. The van der Waals surface area contributed by atoms with Crippen LogP contribution in [-0.2, 0) is 17.8 Å². The summed E-state index contributed by atoms with van der Waals surface area (Å²) in [6.07, 6.45) is 3.90. The molecule has 1 aliphatic rings. The van der Waals surface area contributed by atoms with Crippen molar-refractivity contribution in [2.75, 3.05) is 33.3 Å². The Morgan fingerprint density at radius 2 is 1.93 bits per heavy atom. The molecule has 0 bridgehead atoms. The average Bonchev–Trinajstić information content (AvgIpc) is 2.69. The normalized spacial score (nSPS) is 14.8. The Labute approximate surface area is 159 Å². The van der Waals surface area contributed by atoms with Crippen molar-refractivity contribution in [1.82, 2.24) is 14.8 Å². The highest BCUT2D eigenvalue weighted by molar-refractivity contribution is 5.94. The maximum Gasteiger partial charge on any atom is 0.227 e. The number of carbonyl (C=O) groups is 2. The number of nitrogens with zero attached hydrogens (tertiary/aromatic N) is 3. The number of aromatic nitrogens is 1. The van der Waals surface area contributed by atoms with Gasteiger partial charge in [-0.1, -0.05) is 6.07 Å². The third-order valence-corrected chi connectivity index (χ3v) is 4.88. The smallest absolute Gasteiger partial charge is 0.227 e. The van der Waals surface area contributed by atoms with E-state index in [1.165, 1.54) is 12.5 Å². The molecule has 0 atom stereocenters. The van der Waals surface area contributed by atoms with E-state index in [4.69, 9.17) is 4.74 Å². The van der Waals surface area contributed by atoms with E-state index in [1.807, 2.05) is 17.2 Å². The molecule has 1 amide bonds. The van der Waals surface area contributed by atoms with Crippen LogP contribution in [0.25, 0.3) is 0 Å². The molecule has 0 N–H and O–H groups in total. The molecule has 142 valence electrons. The first kappa shape index (κ1) is 19.0. The van der Waals surface area contributed by atoms with Crippen molar-refractivity contribution in [2.24, 2.45) is 0 Å². The van der Waals surface area contributed by atoms with E-state index in [0.29, 0.717) is 24.4 Å². The van der Waals surface area contributed by atoms with Crippen LogP contribution in [0, 0.1) is 0 Å². The molecule has 1 saturated heterocycles. The van der Waals surface area contributed by atoms with Crippen molar-refractivity contribution >= 4 is 11.7 Å². The van der Waals surface area contributed by atoms with E-state index in [0.717, 1.165) is 25.2 Å². The molecule has 0 saturated carbocycles. The summed E-state index contributed by atoms with van der Waals surface area (Å²) in [5.41, 5.74) is 2.54. The fourth-order valence-electron chi connectivity index (χ4n) is 3.32. The lowest BCUT2D eigenvalue weighted by molar-refractivity contribution is -0.132. The average molecular weight is 367 g/mol. The van der Waals surface area contributed by atoms with E-state index >= 15 is 0 Å².